The summed E-state index contributed by atoms with van der Waals surface area (Å²) in [6, 6.07) is 3.80. The lowest BCUT2D eigenvalue weighted by molar-refractivity contribution is 0.326. The molecule has 1 fully saturated rings. The van der Waals surface area contributed by atoms with Crippen molar-refractivity contribution in [2.45, 2.75) is 19.4 Å². The first kappa shape index (κ1) is 10.1. The molecule has 0 unspecified atom stereocenters. The smallest absolute Gasteiger partial charge is 0.138 e. The molecule has 3 nitrogen and oxygen atoms in total. The molecule has 3 rings (SSSR count). The van der Waals surface area contributed by atoms with Gasteiger partial charge in [-0.05, 0) is 38.1 Å². The molecule has 3 heterocycles. The topological polar surface area (TPSA) is 20.5 Å². The van der Waals surface area contributed by atoms with E-state index in [0.717, 1.165) is 17.2 Å². The molecule has 4 heteroatoms. The number of hydrogen-bond donors (Lipinski definition) is 0. The van der Waals surface area contributed by atoms with Gasteiger partial charge in [0.2, 0.25) is 0 Å². The second kappa shape index (κ2) is 4.07. The molecule has 0 radical (unpaired) electrons. The van der Waals surface area contributed by atoms with Crippen molar-refractivity contribution in [3.8, 4) is 0 Å². The van der Waals surface area contributed by atoms with Crippen molar-refractivity contribution in [3.63, 3.8) is 0 Å². The van der Waals surface area contributed by atoms with Crippen molar-refractivity contribution >= 4 is 17.2 Å². The summed E-state index contributed by atoms with van der Waals surface area (Å²) in [5, 5.41) is 0.742. The summed E-state index contributed by atoms with van der Waals surface area (Å²) in [7, 11) is 0. The number of fused-ring (bicyclic) bond motifs is 1. The minimum atomic E-state index is 0.742. The first-order valence-corrected chi connectivity index (χ1v) is 6.04. The fraction of sp³-hybridized carbons (Fsp3) is 0.417. The summed E-state index contributed by atoms with van der Waals surface area (Å²) in [5.41, 5.74) is 2.18. The maximum absolute atomic E-state index is 5.93. The minimum absolute atomic E-state index is 0.742. The van der Waals surface area contributed by atoms with Crippen LogP contribution in [0.25, 0.3) is 5.65 Å². The van der Waals surface area contributed by atoms with Gasteiger partial charge in [-0.1, -0.05) is 11.6 Å². The number of likely N-dealkylation sites (tertiary alicyclic amines) is 1. The Kier molecular flexibility index (Phi) is 2.58. The fourth-order valence-corrected chi connectivity index (χ4v) is 2.45. The summed E-state index contributed by atoms with van der Waals surface area (Å²) >= 11 is 5.93. The van der Waals surface area contributed by atoms with Crippen molar-refractivity contribution in [1.82, 2.24) is 14.3 Å². The minimum Gasteiger partial charge on any atom is -0.303 e. The molecule has 1 aliphatic heterocycles. The van der Waals surface area contributed by atoms with E-state index in [1.54, 1.807) is 0 Å². The normalized spacial score (nSPS) is 17.3. The number of aromatic nitrogens is 2. The molecule has 0 saturated carbocycles. The molecular formula is C12H14ClN3. The summed E-state index contributed by atoms with van der Waals surface area (Å²) in [4.78, 5) is 6.84. The zero-order valence-electron chi connectivity index (χ0n) is 9.06. The Morgan fingerprint density at radius 3 is 2.94 bits per heavy atom. The fourth-order valence-electron chi connectivity index (χ4n) is 2.30. The molecule has 84 valence electrons. The molecule has 0 bridgehead atoms. The van der Waals surface area contributed by atoms with Crippen molar-refractivity contribution in [2.24, 2.45) is 0 Å². The lowest BCUT2D eigenvalue weighted by Crippen LogP contribution is -2.19. The van der Waals surface area contributed by atoms with E-state index in [-0.39, 0.29) is 0 Å². The molecule has 2 aromatic rings. The van der Waals surface area contributed by atoms with Crippen molar-refractivity contribution in [2.75, 3.05) is 13.1 Å². The number of rotatable bonds is 2. The number of halogens is 1. The Balaban J connectivity index is 1.91. The Bertz CT molecular complexity index is 500. The number of hydrogen-bond acceptors (Lipinski definition) is 2. The van der Waals surface area contributed by atoms with Crippen LogP contribution in [0.5, 0.6) is 0 Å². The van der Waals surface area contributed by atoms with Crippen LogP contribution in [0.3, 0.4) is 0 Å². The number of pyridine rings is 1. The third-order valence-corrected chi connectivity index (χ3v) is 3.37. The lowest BCUT2D eigenvalue weighted by atomic mass is 10.4. The maximum atomic E-state index is 5.93. The standard InChI is InChI=1S/C12H14ClN3/c13-10-3-6-16-11(8-14-12(16)7-10)9-15-4-1-2-5-15/h3,6-8H,1-2,4-5,9H2. The van der Waals surface area contributed by atoms with Gasteiger partial charge in [-0.25, -0.2) is 4.98 Å². The molecular weight excluding hydrogens is 222 g/mol. The van der Waals surface area contributed by atoms with Gasteiger partial charge in [0, 0.05) is 17.8 Å². The van der Waals surface area contributed by atoms with E-state index >= 15 is 0 Å². The highest BCUT2D eigenvalue weighted by Crippen LogP contribution is 2.16. The Morgan fingerprint density at radius 1 is 1.31 bits per heavy atom. The third-order valence-electron chi connectivity index (χ3n) is 3.14. The number of imidazole rings is 1. The Morgan fingerprint density at radius 2 is 2.12 bits per heavy atom. The van der Waals surface area contributed by atoms with Crippen molar-refractivity contribution in [1.29, 1.82) is 0 Å². The number of nitrogens with zero attached hydrogens (tertiary/aromatic N) is 3. The lowest BCUT2D eigenvalue weighted by Gasteiger charge is -2.13. The van der Waals surface area contributed by atoms with Gasteiger partial charge in [-0.3, -0.25) is 4.90 Å². The Hall–Kier alpha value is -1.06. The molecule has 0 amide bonds. The summed E-state index contributed by atoms with van der Waals surface area (Å²) < 4.78 is 2.12. The van der Waals surface area contributed by atoms with Gasteiger partial charge < -0.3 is 4.40 Å². The van der Waals surface area contributed by atoms with Crippen LogP contribution in [0.1, 0.15) is 18.5 Å². The summed E-state index contributed by atoms with van der Waals surface area (Å²) in [6.45, 7) is 3.41. The maximum Gasteiger partial charge on any atom is 0.138 e. The molecule has 2 aromatic heterocycles. The van der Waals surface area contributed by atoms with Crippen molar-refractivity contribution < 1.29 is 0 Å². The van der Waals surface area contributed by atoms with E-state index in [4.69, 9.17) is 11.6 Å². The van der Waals surface area contributed by atoms with Crippen molar-refractivity contribution in [3.05, 3.63) is 35.2 Å². The van der Waals surface area contributed by atoms with E-state index in [2.05, 4.69) is 14.3 Å². The monoisotopic (exact) mass is 235 g/mol. The first-order valence-electron chi connectivity index (χ1n) is 5.67. The second-order valence-electron chi connectivity index (χ2n) is 4.31. The van der Waals surface area contributed by atoms with E-state index < -0.39 is 0 Å². The molecule has 0 aromatic carbocycles. The summed E-state index contributed by atoms with van der Waals surface area (Å²) in [5.74, 6) is 0. The molecule has 0 spiro atoms. The highest BCUT2D eigenvalue weighted by Gasteiger charge is 2.13. The zero-order chi connectivity index (χ0) is 11.0. The van der Waals surface area contributed by atoms with Gasteiger partial charge in [0.25, 0.3) is 0 Å². The average Bonchev–Trinajstić information content (AvgIpc) is 2.89. The second-order valence-corrected chi connectivity index (χ2v) is 4.74. The van der Waals surface area contributed by atoms with Gasteiger partial charge in [0.1, 0.15) is 5.65 Å². The molecule has 1 saturated heterocycles. The zero-order valence-corrected chi connectivity index (χ0v) is 9.82. The predicted octanol–water partition coefficient (Wildman–Crippen LogP) is 2.58. The van der Waals surface area contributed by atoms with Gasteiger partial charge in [-0.15, -0.1) is 0 Å². The predicted molar refractivity (Wildman–Crippen MR) is 64.7 cm³/mol. The van der Waals surface area contributed by atoms with E-state index in [9.17, 15) is 0 Å². The van der Waals surface area contributed by atoms with Crippen LogP contribution in [0.2, 0.25) is 5.02 Å². The molecule has 0 aliphatic carbocycles. The van der Waals surface area contributed by atoms with E-state index in [1.807, 2.05) is 24.5 Å². The first-order chi connectivity index (χ1) is 7.83. The SMILES string of the molecule is Clc1ccn2c(CN3CCCC3)cnc2c1. The molecule has 1 aliphatic rings. The van der Waals surface area contributed by atoms with Crippen LogP contribution in [0, 0.1) is 0 Å². The summed E-state index contributed by atoms with van der Waals surface area (Å²) in [6.07, 6.45) is 6.59. The van der Waals surface area contributed by atoms with Crippen LogP contribution in [0.15, 0.2) is 24.5 Å². The molecule has 16 heavy (non-hydrogen) atoms. The van der Waals surface area contributed by atoms with Crippen LogP contribution < -0.4 is 0 Å². The Labute approximate surface area is 99.7 Å². The van der Waals surface area contributed by atoms with E-state index in [0.29, 0.717) is 0 Å². The largest absolute Gasteiger partial charge is 0.303 e. The molecule has 0 N–H and O–H groups in total. The highest BCUT2D eigenvalue weighted by atomic mass is 35.5. The molecule has 0 atom stereocenters. The van der Waals surface area contributed by atoms with Gasteiger partial charge >= 0.3 is 0 Å². The van der Waals surface area contributed by atoms with Crippen LogP contribution in [0.4, 0.5) is 0 Å². The van der Waals surface area contributed by atoms with Crippen LogP contribution >= 0.6 is 11.6 Å². The average molecular weight is 236 g/mol. The highest BCUT2D eigenvalue weighted by molar-refractivity contribution is 6.30. The van der Waals surface area contributed by atoms with Gasteiger partial charge in [0.05, 0.1) is 11.9 Å². The van der Waals surface area contributed by atoms with Gasteiger partial charge in [0.15, 0.2) is 0 Å². The van der Waals surface area contributed by atoms with E-state index in [1.165, 1.54) is 31.6 Å². The van der Waals surface area contributed by atoms with Crippen LogP contribution in [-0.2, 0) is 6.54 Å². The quantitative estimate of drug-likeness (QED) is 0.798. The van der Waals surface area contributed by atoms with Crippen LogP contribution in [-0.4, -0.2) is 27.4 Å². The van der Waals surface area contributed by atoms with Gasteiger partial charge in [-0.2, -0.15) is 0 Å². The third kappa shape index (κ3) is 1.81.